The minimum absolute atomic E-state index is 0.174. The molecule has 1 aromatic heterocycles. The van der Waals surface area contributed by atoms with Crippen LogP contribution in [0.25, 0.3) is 0 Å². The van der Waals surface area contributed by atoms with Gasteiger partial charge < -0.3 is 24.8 Å². The summed E-state index contributed by atoms with van der Waals surface area (Å²) in [6.07, 6.45) is 1.09. The number of amides is 1. The average Bonchev–Trinajstić information content (AvgIpc) is 2.50. The van der Waals surface area contributed by atoms with Crippen molar-refractivity contribution >= 4 is 11.6 Å². The predicted octanol–water partition coefficient (Wildman–Crippen LogP) is 0.0337. The third-order valence-corrected chi connectivity index (χ3v) is 2.76. The Labute approximate surface area is 117 Å². The fourth-order valence-corrected chi connectivity index (χ4v) is 1.73. The number of methoxy groups -OCH3 is 1. The van der Waals surface area contributed by atoms with Crippen molar-refractivity contribution in [3.63, 3.8) is 0 Å². The van der Waals surface area contributed by atoms with Crippen LogP contribution in [-0.4, -0.2) is 57.0 Å². The first-order chi connectivity index (χ1) is 9.79. The molecule has 0 saturated carbocycles. The minimum atomic E-state index is -0.457. The van der Waals surface area contributed by atoms with Crippen LogP contribution in [0.1, 0.15) is 0 Å². The molecule has 1 atom stereocenters. The molecule has 1 aliphatic heterocycles. The van der Waals surface area contributed by atoms with Crippen LogP contribution in [0.15, 0.2) is 18.3 Å². The van der Waals surface area contributed by atoms with Gasteiger partial charge in [-0.3, -0.25) is 4.79 Å². The first-order valence-corrected chi connectivity index (χ1v) is 6.50. The molecular formula is C13H19N3O4. The lowest BCUT2D eigenvalue weighted by Gasteiger charge is -2.22. The minimum Gasteiger partial charge on any atom is -0.475 e. The topological polar surface area (TPSA) is 81.7 Å². The summed E-state index contributed by atoms with van der Waals surface area (Å²) in [4.78, 5) is 16.0. The van der Waals surface area contributed by atoms with E-state index >= 15 is 0 Å². The molecule has 0 radical (unpaired) electrons. The first kappa shape index (κ1) is 14.7. The molecule has 0 aliphatic carbocycles. The summed E-state index contributed by atoms with van der Waals surface area (Å²) in [5.74, 6) is 0.322. The Hall–Kier alpha value is -1.70. The van der Waals surface area contributed by atoms with Crippen molar-refractivity contribution < 1.29 is 19.0 Å². The van der Waals surface area contributed by atoms with Crippen LogP contribution in [0.5, 0.6) is 5.88 Å². The summed E-state index contributed by atoms with van der Waals surface area (Å²) < 4.78 is 15.6. The molecule has 2 N–H and O–H groups in total. The maximum absolute atomic E-state index is 11.9. The number of hydrogen-bond acceptors (Lipinski definition) is 6. The van der Waals surface area contributed by atoms with Crippen LogP contribution in [-0.2, 0) is 14.3 Å². The SMILES string of the molecule is COCCOc1ccc(NC(=O)C2CNCCO2)cn1. The lowest BCUT2D eigenvalue weighted by Crippen LogP contribution is -2.45. The van der Waals surface area contributed by atoms with Gasteiger partial charge in [-0.1, -0.05) is 0 Å². The molecule has 1 aromatic rings. The summed E-state index contributed by atoms with van der Waals surface area (Å²) in [7, 11) is 1.61. The molecule has 1 aliphatic rings. The second-order valence-electron chi connectivity index (χ2n) is 4.28. The van der Waals surface area contributed by atoms with Gasteiger partial charge in [0, 0.05) is 26.3 Å². The van der Waals surface area contributed by atoms with Crippen LogP contribution in [0.3, 0.4) is 0 Å². The largest absolute Gasteiger partial charge is 0.475 e. The van der Waals surface area contributed by atoms with E-state index in [-0.39, 0.29) is 5.91 Å². The summed E-state index contributed by atoms with van der Waals surface area (Å²) in [6.45, 7) is 2.79. The van der Waals surface area contributed by atoms with Gasteiger partial charge >= 0.3 is 0 Å². The zero-order chi connectivity index (χ0) is 14.2. The highest BCUT2D eigenvalue weighted by atomic mass is 16.5. The van der Waals surface area contributed by atoms with Gasteiger partial charge in [0.25, 0.3) is 5.91 Å². The monoisotopic (exact) mass is 281 g/mol. The second kappa shape index (κ2) is 7.78. The van der Waals surface area contributed by atoms with Crippen molar-refractivity contribution in [3.05, 3.63) is 18.3 Å². The lowest BCUT2D eigenvalue weighted by atomic mass is 10.3. The van der Waals surface area contributed by atoms with E-state index in [0.29, 0.717) is 37.9 Å². The van der Waals surface area contributed by atoms with E-state index in [1.54, 1.807) is 25.4 Å². The summed E-state index contributed by atoms with van der Waals surface area (Å²) >= 11 is 0. The van der Waals surface area contributed by atoms with Crippen LogP contribution >= 0.6 is 0 Å². The van der Waals surface area contributed by atoms with Crippen molar-refractivity contribution in [2.75, 3.05) is 45.3 Å². The Morgan fingerprint density at radius 1 is 1.55 bits per heavy atom. The number of ether oxygens (including phenoxy) is 3. The van der Waals surface area contributed by atoms with E-state index in [0.717, 1.165) is 6.54 Å². The number of aromatic nitrogens is 1. The fraction of sp³-hybridized carbons (Fsp3) is 0.538. The van der Waals surface area contributed by atoms with Crippen molar-refractivity contribution in [2.45, 2.75) is 6.10 Å². The van der Waals surface area contributed by atoms with Crippen LogP contribution < -0.4 is 15.4 Å². The molecule has 2 rings (SSSR count). The third-order valence-electron chi connectivity index (χ3n) is 2.76. The number of nitrogens with one attached hydrogen (secondary N) is 2. The quantitative estimate of drug-likeness (QED) is 0.716. The van der Waals surface area contributed by atoms with Crippen molar-refractivity contribution in [3.8, 4) is 5.88 Å². The molecule has 1 saturated heterocycles. The van der Waals surface area contributed by atoms with E-state index in [1.807, 2.05) is 0 Å². The number of morpholine rings is 1. The zero-order valence-corrected chi connectivity index (χ0v) is 11.4. The first-order valence-electron chi connectivity index (χ1n) is 6.50. The van der Waals surface area contributed by atoms with E-state index in [1.165, 1.54) is 0 Å². The average molecular weight is 281 g/mol. The molecule has 1 amide bonds. The zero-order valence-electron chi connectivity index (χ0n) is 11.4. The van der Waals surface area contributed by atoms with Crippen LogP contribution in [0.2, 0.25) is 0 Å². The summed E-state index contributed by atoms with van der Waals surface area (Å²) in [5, 5.41) is 5.87. The van der Waals surface area contributed by atoms with E-state index in [2.05, 4.69) is 15.6 Å². The number of anilines is 1. The van der Waals surface area contributed by atoms with Gasteiger partial charge in [-0.25, -0.2) is 4.98 Å². The van der Waals surface area contributed by atoms with E-state index in [4.69, 9.17) is 14.2 Å². The van der Waals surface area contributed by atoms with E-state index < -0.39 is 6.10 Å². The van der Waals surface area contributed by atoms with Gasteiger partial charge in [0.15, 0.2) is 0 Å². The molecule has 20 heavy (non-hydrogen) atoms. The van der Waals surface area contributed by atoms with Gasteiger partial charge in [-0.2, -0.15) is 0 Å². The van der Waals surface area contributed by atoms with Crippen LogP contribution in [0.4, 0.5) is 5.69 Å². The number of carbonyl (C=O) groups is 1. The number of rotatable bonds is 6. The Morgan fingerprint density at radius 2 is 2.45 bits per heavy atom. The maximum atomic E-state index is 11.9. The number of pyridine rings is 1. The number of carbonyl (C=O) groups excluding carboxylic acids is 1. The van der Waals surface area contributed by atoms with Gasteiger partial charge in [0.05, 0.1) is 25.1 Å². The standard InChI is InChI=1S/C13H19N3O4/c1-18-6-7-20-12-3-2-10(8-15-12)16-13(17)11-9-14-4-5-19-11/h2-3,8,11,14H,4-7,9H2,1H3,(H,16,17). The fourth-order valence-electron chi connectivity index (χ4n) is 1.73. The molecule has 1 unspecified atom stereocenters. The van der Waals surface area contributed by atoms with Gasteiger partial charge in [-0.15, -0.1) is 0 Å². The number of nitrogens with zero attached hydrogens (tertiary/aromatic N) is 1. The van der Waals surface area contributed by atoms with E-state index in [9.17, 15) is 4.79 Å². The molecule has 110 valence electrons. The molecule has 7 nitrogen and oxygen atoms in total. The van der Waals surface area contributed by atoms with Crippen molar-refractivity contribution in [1.29, 1.82) is 0 Å². The normalized spacial score (nSPS) is 18.6. The third kappa shape index (κ3) is 4.44. The van der Waals surface area contributed by atoms with Crippen molar-refractivity contribution in [2.24, 2.45) is 0 Å². The Balaban J connectivity index is 1.81. The predicted molar refractivity (Wildman–Crippen MR) is 72.8 cm³/mol. The second-order valence-corrected chi connectivity index (χ2v) is 4.28. The molecule has 0 bridgehead atoms. The summed E-state index contributed by atoms with van der Waals surface area (Å²) in [5.41, 5.74) is 0.614. The van der Waals surface area contributed by atoms with Crippen LogP contribution in [0, 0.1) is 0 Å². The Morgan fingerprint density at radius 3 is 3.10 bits per heavy atom. The molecule has 0 spiro atoms. The summed E-state index contributed by atoms with van der Waals surface area (Å²) in [6, 6.07) is 3.44. The molecule has 0 aromatic carbocycles. The van der Waals surface area contributed by atoms with Gasteiger partial charge in [-0.05, 0) is 6.07 Å². The lowest BCUT2D eigenvalue weighted by molar-refractivity contribution is -0.128. The Bertz CT molecular complexity index is 418. The maximum Gasteiger partial charge on any atom is 0.254 e. The number of hydrogen-bond donors (Lipinski definition) is 2. The highest BCUT2D eigenvalue weighted by Crippen LogP contribution is 2.12. The van der Waals surface area contributed by atoms with Gasteiger partial charge in [0.1, 0.15) is 12.7 Å². The van der Waals surface area contributed by atoms with Crippen molar-refractivity contribution in [1.82, 2.24) is 10.3 Å². The molecule has 1 fully saturated rings. The molecule has 7 heteroatoms. The Kier molecular flexibility index (Phi) is 5.72. The smallest absolute Gasteiger partial charge is 0.254 e. The highest BCUT2D eigenvalue weighted by molar-refractivity contribution is 5.94. The molecular weight excluding hydrogens is 262 g/mol. The van der Waals surface area contributed by atoms with Gasteiger partial charge in [0.2, 0.25) is 5.88 Å². The highest BCUT2D eigenvalue weighted by Gasteiger charge is 2.21. The molecule has 2 heterocycles.